The highest BCUT2D eigenvalue weighted by Crippen LogP contribution is 2.52. The van der Waals surface area contributed by atoms with E-state index in [0.717, 1.165) is 0 Å². The maximum absolute atomic E-state index is 12.7. The third-order valence-electron chi connectivity index (χ3n) is 3.76. The first-order chi connectivity index (χ1) is 10.6. The van der Waals surface area contributed by atoms with E-state index in [2.05, 4.69) is 6.58 Å². The second-order valence-corrected chi connectivity index (χ2v) is 5.38. The van der Waals surface area contributed by atoms with Gasteiger partial charge in [-0.25, -0.2) is 0 Å². The van der Waals surface area contributed by atoms with Gasteiger partial charge in [-0.1, -0.05) is 6.58 Å². The number of carbonyl (C=O) groups excluding carboxylic acids is 1. The summed E-state index contributed by atoms with van der Waals surface area (Å²) in [5.41, 5.74) is 0. The fourth-order valence-electron chi connectivity index (χ4n) is 2.62. The molecule has 0 N–H and O–H groups in total. The van der Waals surface area contributed by atoms with Crippen LogP contribution < -0.4 is 0 Å². The van der Waals surface area contributed by atoms with Crippen molar-refractivity contribution in [3.8, 4) is 0 Å². The number of esters is 1. The van der Waals surface area contributed by atoms with Gasteiger partial charge in [0.05, 0.1) is 37.2 Å². The summed E-state index contributed by atoms with van der Waals surface area (Å²) in [6.07, 6.45) is -9.58. The number of rotatable bonds is 7. The number of halogens is 6. The van der Waals surface area contributed by atoms with Gasteiger partial charge in [0.25, 0.3) is 0 Å². The van der Waals surface area contributed by atoms with Gasteiger partial charge < -0.3 is 9.47 Å². The van der Waals surface area contributed by atoms with Crippen molar-refractivity contribution in [3.05, 3.63) is 12.8 Å². The second kappa shape index (κ2) is 7.92. The van der Waals surface area contributed by atoms with E-state index in [-0.39, 0.29) is 6.61 Å². The summed E-state index contributed by atoms with van der Waals surface area (Å²) in [6, 6.07) is 0. The van der Waals surface area contributed by atoms with Crippen LogP contribution in [-0.2, 0) is 14.3 Å². The highest BCUT2D eigenvalue weighted by Gasteiger charge is 2.60. The van der Waals surface area contributed by atoms with Crippen LogP contribution in [0.1, 0.15) is 25.7 Å². The van der Waals surface area contributed by atoms with E-state index >= 15 is 0 Å². The molecule has 9 heteroatoms. The van der Waals surface area contributed by atoms with Gasteiger partial charge in [-0.2, -0.15) is 26.3 Å². The standard InChI is InChI=1S/C14H18F6O3/c1-2-22-5-3-4-6-23-12(21)9-7-10(13(15,16)17)11(8-9)14(18,19)20/h2,9-11H,1,3-8H2. The Labute approximate surface area is 129 Å². The molecule has 2 unspecified atom stereocenters. The number of hydrogen-bond acceptors (Lipinski definition) is 3. The van der Waals surface area contributed by atoms with Crippen molar-refractivity contribution in [2.75, 3.05) is 13.2 Å². The van der Waals surface area contributed by atoms with Gasteiger partial charge in [0, 0.05) is 0 Å². The summed E-state index contributed by atoms with van der Waals surface area (Å²) in [7, 11) is 0. The molecular formula is C14H18F6O3. The van der Waals surface area contributed by atoms with E-state index in [1.807, 2.05) is 0 Å². The Hall–Kier alpha value is -1.41. The van der Waals surface area contributed by atoms with Crippen molar-refractivity contribution in [3.63, 3.8) is 0 Å². The third-order valence-corrected chi connectivity index (χ3v) is 3.76. The molecule has 0 saturated heterocycles. The summed E-state index contributed by atoms with van der Waals surface area (Å²) in [5.74, 6) is -7.49. The van der Waals surface area contributed by atoms with Gasteiger partial charge in [0.1, 0.15) is 0 Å². The molecule has 1 aliphatic rings. The van der Waals surface area contributed by atoms with Gasteiger partial charge in [0.2, 0.25) is 0 Å². The molecule has 1 aliphatic carbocycles. The van der Waals surface area contributed by atoms with E-state index in [4.69, 9.17) is 9.47 Å². The molecule has 1 saturated carbocycles. The lowest BCUT2D eigenvalue weighted by Gasteiger charge is -2.23. The zero-order valence-corrected chi connectivity index (χ0v) is 12.3. The molecule has 0 aromatic rings. The van der Waals surface area contributed by atoms with E-state index in [1.54, 1.807) is 0 Å². The predicted molar refractivity (Wildman–Crippen MR) is 68.2 cm³/mol. The summed E-state index contributed by atoms with van der Waals surface area (Å²) in [5, 5.41) is 0. The van der Waals surface area contributed by atoms with Crippen molar-refractivity contribution < 1.29 is 40.6 Å². The Balaban J connectivity index is 2.51. The smallest absolute Gasteiger partial charge is 0.392 e. The number of ether oxygens (including phenoxy) is 2. The molecule has 0 amide bonds. The van der Waals surface area contributed by atoms with Crippen LogP contribution in [0.3, 0.4) is 0 Å². The van der Waals surface area contributed by atoms with Gasteiger partial charge in [-0.15, -0.1) is 0 Å². The molecule has 0 bridgehead atoms. The van der Waals surface area contributed by atoms with Crippen molar-refractivity contribution in [2.24, 2.45) is 17.8 Å². The molecule has 0 aromatic carbocycles. The first kappa shape index (κ1) is 19.6. The van der Waals surface area contributed by atoms with Crippen molar-refractivity contribution in [2.45, 2.75) is 38.0 Å². The largest absolute Gasteiger partial charge is 0.502 e. The normalized spacial score (nSPS) is 25.2. The molecule has 1 rings (SSSR count). The lowest BCUT2D eigenvalue weighted by atomic mass is 9.95. The Morgan fingerprint density at radius 2 is 1.48 bits per heavy atom. The lowest BCUT2D eigenvalue weighted by Crippen LogP contribution is -2.35. The SMILES string of the molecule is C=COCCCCOC(=O)C1CC(C(F)(F)F)C(C(F)(F)F)C1. The van der Waals surface area contributed by atoms with Gasteiger partial charge in [0.15, 0.2) is 0 Å². The molecule has 0 aromatic heterocycles. The van der Waals surface area contributed by atoms with Crippen LogP contribution in [0.4, 0.5) is 26.3 Å². The highest BCUT2D eigenvalue weighted by molar-refractivity contribution is 5.72. The summed E-state index contributed by atoms with van der Waals surface area (Å²) < 4.78 is 86.0. The van der Waals surface area contributed by atoms with Crippen LogP contribution in [0.2, 0.25) is 0 Å². The monoisotopic (exact) mass is 348 g/mol. The molecule has 3 nitrogen and oxygen atoms in total. The minimum absolute atomic E-state index is 0.0663. The van der Waals surface area contributed by atoms with Crippen molar-refractivity contribution in [1.82, 2.24) is 0 Å². The average Bonchev–Trinajstić information content (AvgIpc) is 2.87. The molecule has 0 aliphatic heterocycles. The number of alkyl halides is 6. The first-order valence-electron chi connectivity index (χ1n) is 7.10. The molecule has 23 heavy (non-hydrogen) atoms. The minimum Gasteiger partial charge on any atom is -0.502 e. The highest BCUT2D eigenvalue weighted by atomic mass is 19.4. The number of carbonyl (C=O) groups is 1. The molecule has 0 heterocycles. The van der Waals surface area contributed by atoms with Crippen LogP contribution in [-0.4, -0.2) is 31.5 Å². The molecular weight excluding hydrogens is 330 g/mol. The summed E-state index contributed by atoms with van der Waals surface area (Å²) in [6.45, 7) is 3.60. The Kier molecular flexibility index (Phi) is 6.76. The topological polar surface area (TPSA) is 35.5 Å². The van der Waals surface area contributed by atoms with Gasteiger partial charge >= 0.3 is 18.3 Å². The Morgan fingerprint density at radius 3 is 1.91 bits per heavy atom. The zero-order valence-electron chi connectivity index (χ0n) is 12.3. The van der Waals surface area contributed by atoms with E-state index < -0.39 is 48.9 Å². The minimum atomic E-state index is -4.99. The van der Waals surface area contributed by atoms with Crippen LogP contribution in [0.5, 0.6) is 0 Å². The van der Waals surface area contributed by atoms with E-state index in [1.165, 1.54) is 6.26 Å². The molecule has 0 spiro atoms. The molecule has 2 atom stereocenters. The maximum Gasteiger partial charge on any atom is 0.392 e. The Morgan fingerprint density at radius 1 is 1.00 bits per heavy atom. The molecule has 0 radical (unpaired) electrons. The van der Waals surface area contributed by atoms with Crippen LogP contribution >= 0.6 is 0 Å². The Bertz CT molecular complexity index is 382. The van der Waals surface area contributed by atoms with Crippen molar-refractivity contribution >= 4 is 5.97 Å². The lowest BCUT2D eigenvalue weighted by molar-refractivity contribution is -0.245. The zero-order chi connectivity index (χ0) is 17.7. The maximum atomic E-state index is 12.7. The third kappa shape index (κ3) is 5.95. The van der Waals surface area contributed by atoms with Crippen LogP contribution in [0.15, 0.2) is 12.8 Å². The first-order valence-corrected chi connectivity index (χ1v) is 7.10. The quantitative estimate of drug-likeness (QED) is 0.299. The average molecular weight is 348 g/mol. The second-order valence-electron chi connectivity index (χ2n) is 5.38. The summed E-state index contributed by atoms with van der Waals surface area (Å²) >= 11 is 0. The van der Waals surface area contributed by atoms with E-state index in [0.29, 0.717) is 19.4 Å². The van der Waals surface area contributed by atoms with Crippen LogP contribution in [0.25, 0.3) is 0 Å². The molecule has 1 fully saturated rings. The van der Waals surface area contributed by atoms with Gasteiger partial charge in [-0.3, -0.25) is 4.79 Å². The van der Waals surface area contributed by atoms with Gasteiger partial charge in [-0.05, 0) is 25.7 Å². The van der Waals surface area contributed by atoms with E-state index in [9.17, 15) is 31.1 Å². The number of unbranched alkanes of at least 4 members (excludes halogenated alkanes) is 1. The van der Waals surface area contributed by atoms with Crippen LogP contribution in [0, 0.1) is 17.8 Å². The fourth-order valence-corrected chi connectivity index (χ4v) is 2.62. The number of hydrogen-bond donors (Lipinski definition) is 0. The summed E-state index contributed by atoms with van der Waals surface area (Å²) in [4.78, 5) is 11.7. The fraction of sp³-hybridized carbons (Fsp3) is 0.786. The van der Waals surface area contributed by atoms with Crippen molar-refractivity contribution in [1.29, 1.82) is 0 Å². The predicted octanol–water partition coefficient (Wildman–Crippen LogP) is 4.24. The molecule has 134 valence electrons.